The topological polar surface area (TPSA) is 140 Å². The van der Waals surface area contributed by atoms with Crippen LogP contribution in [-0.2, 0) is 32.0 Å². The van der Waals surface area contributed by atoms with Gasteiger partial charge < -0.3 is 28.6 Å². The predicted octanol–water partition coefficient (Wildman–Crippen LogP) is 6.83. The number of hydrogen-bond donors (Lipinski definition) is 1. The zero-order chi connectivity index (χ0) is 40.7. The van der Waals surface area contributed by atoms with Crippen molar-refractivity contribution in [3.05, 3.63) is 75.5 Å². The molecule has 2 aliphatic rings. The van der Waals surface area contributed by atoms with E-state index in [0.717, 1.165) is 17.1 Å². The highest BCUT2D eigenvalue weighted by molar-refractivity contribution is 7.80. The maximum Gasteiger partial charge on any atom is 0.387 e. The van der Waals surface area contributed by atoms with E-state index in [2.05, 4.69) is 9.88 Å². The highest BCUT2D eigenvalue weighted by atomic mass is 35.5. The fourth-order valence-electron chi connectivity index (χ4n) is 6.02. The molecular formula is C38H46Cl2F2N4O9S. The number of aromatic nitrogens is 1. The van der Waals surface area contributed by atoms with Crippen LogP contribution in [0.2, 0.25) is 10.0 Å². The fourth-order valence-corrected chi connectivity index (χ4v) is 7.12. The summed E-state index contributed by atoms with van der Waals surface area (Å²) < 4.78 is 79.4. The first-order valence-electron chi connectivity index (χ1n) is 17.9. The molecule has 1 aliphatic carbocycles. The lowest BCUT2D eigenvalue weighted by atomic mass is 10.0. The molecule has 1 saturated heterocycles. The van der Waals surface area contributed by atoms with Crippen LogP contribution >= 0.6 is 23.2 Å². The molecule has 3 atom stereocenters. The monoisotopic (exact) mass is 842 g/mol. The third-order valence-electron chi connectivity index (χ3n) is 9.19. The van der Waals surface area contributed by atoms with E-state index in [9.17, 15) is 27.1 Å². The molecule has 2 fully saturated rings. The Morgan fingerprint density at radius 3 is 2.27 bits per heavy atom. The molecule has 0 amide bonds. The van der Waals surface area contributed by atoms with Crippen molar-refractivity contribution in [2.45, 2.75) is 64.4 Å². The smallest absolute Gasteiger partial charge is 0.387 e. The summed E-state index contributed by atoms with van der Waals surface area (Å²) in [5.74, 6) is -1.15. The molecule has 18 heteroatoms. The third-order valence-corrected chi connectivity index (χ3v) is 10.6. The van der Waals surface area contributed by atoms with Crippen molar-refractivity contribution in [3.63, 3.8) is 0 Å². The average Bonchev–Trinajstić information content (AvgIpc) is 3.96. The number of ether oxygens (including phenoxy) is 5. The number of rotatable bonds is 17. The second kappa shape index (κ2) is 19.1. The molecule has 1 aromatic heterocycles. The van der Waals surface area contributed by atoms with Crippen molar-refractivity contribution < 1.29 is 50.8 Å². The molecule has 1 saturated carbocycles. The lowest BCUT2D eigenvalue weighted by Gasteiger charge is -2.39. The van der Waals surface area contributed by atoms with Crippen LogP contribution in [0.5, 0.6) is 17.2 Å². The zero-order valence-electron chi connectivity index (χ0n) is 31.7. The maximum atomic E-state index is 14.1. The minimum Gasteiger partial charge on any atom is -0.495 e. The van der Waals surface area contributed by atoms with Crippen molar-refractivity contribution in [1.29, 1.82) is 0 Å². The van der Waals surface area contributed by atoms with Crippen LogP contribution in [0.15, 0.2) is 48.8 Å². The summed E-state index contributed by atoms with van der Waals surface area (Å²) in [6.07, 6.45) is 3.52. The zero-order valence-corrected chi connectivity index (χ0v) is 34.0. The number of likely N-dealkylation sites (N-methyl/N-ethyl adjacent to an activating group) is 1. The number of halogens is 4. The summed E-state index contributed by atoms with van der Waals surface area (Å²) in [5.41, 5.74) is -0.0672. The molecule has 306 valence electrons. The molecule has 2 aromatic carbocycles. The van der Waals surface area contributed by atoms with Gasteiger partial charge in [-0.3, -0.25) is 23.5 Å². The van der Waals surface area contributed by atoms with Crippen LogP contribution < -0.4 is 18.5 Å². The van der Waals surface area contributed by atoms with Crippen molar-refractivity contribution >= 4 is 52.1 Å². The number of carbonyl (C=O) groups is 2. The number of anilines is 1. The molecule has 1 N–H and O–H groups in total. The Kier molecular flexibility index (Phi) is 14.8. The Balaban J connectivity index is 1.49. The minimum absolute atomic E-state index is 0.0338. The lowest BCUT2D eigenvalue weighted by molar-refractivity contribution is -0.161. The van der Waals surface area contributed by atoms with Gasteiger partial charge in [0.25, 0.3) is 11.3 Å². The third kappa shape index (κ3) is 11.9. The van der Waals surface area contributed by atoms with E-state index < -0.39 is 47.6 Å². The van der Waals surface area contributed by atoms with Crippen molar-refractivity contribution in [1.82, 2.24) is 14.8 Å². The van der Waals surface area contributed by atoms with Crippen LogP contribution in [0.4, 0.5) is 14.5 Å². The predicted molar refractivity (Wildman–Crippen MR) is 207 cm³/mol. The molecule has 1 aliphatic heterocycles. The Hall–Kier alpha value is -3.80. The molecule has 56 heavy (non-hydrogen) atoms. The first kappa shape index (κ1) is 43.3. The number of benzene rings is 2. The molecule has 2 heterocycles. The number of esters is 2. The van der Waals surface area contributed by atoms with Gasteiger partial charge in [-0.25, -0.2) is 9.00 Å². The highest BCUT2D eigenvalue weighted by Crippen LogP contribution is 2.39. The second-order valence-electron chi connectivity index (χ2n) is 14.6. The summed E-state index contributed by atoms with van der Waals surface area (Å²) in [7, 11) is 3.33. The maximum absolute atomic E-state index is 14.1. The molecule has 3 unspecified atom stereocenters. The van der Waals surface area contributed by atoms with Crippen LogP contribution in [0.25, 0.3) is 0 Å². The highest BCUT2D eigenvalue weighted by Gasteiger charge is 2.36. The summed E-state index contributed by atoms with van der Waals surface area (Å²) in [6, 6.07) is 7.48. The van der Waals surface area contributed by atoms with E-state index in [1.807, 2.05) is 11.9 Å². The molecule has 0 radical (unpaired) electrons. The number of methoxy groups -OCH3 is 1. The van der Waals surface area contributed by atoms with Crippen LogP contribution in [0.1, 0.15) is 61.2 Å². The average molecular weight is 844 g/mol. The van der Waals surface area contributed by atoms with Crippen molar-refractivity contribution in [2.75, 3.05) is 57.8 Å². The lowest BCUT2D eigenvalue weighted by Crippen LogP contribution is -2.56. The van der Waals surface area contributed by atoms with Gasteiger partial charge in [0.1, 0.15) is 23.5 Å². The first-order valence-corrected chi connectivity index (χ1v) is 19.8. The van der Waals surface area contributed by atoms with Gasteiger partial charge in [0, 0.05) is 45.0 Å². The van der Waals surface area contributed by atoms with Crippen LogP contribution in [0.3, 0.4) is 0 Å². The fraction of sp³-hybridized carbons (Fsp3) is 0.500. The summed E-state index contributed by atoms with van der Waals surface area (Å²) in [6.45, 7) is 4.46. The first-order chi connectivity index (χ1) is 26.5. The second-order valence-corrected chi connectivity index (χ2v) is 16.3. The minimum atomic E-state index is -3.11. The van der Waals surface area contributed by atoms with E-state index in [0.29, 0.717) is 43.2 Å². The number of piperazine rings is 1. The molecule has 0 bridgehead atoms. The quantitative estimate of drug-likeness (QED) is 0.113. The Morgan fingerprint density at radius 2 is 1.68 bits per heavy atom. The SMILES string of the molecule is COc1ccc(C(=O)OC(Cc2c(Cl)cncc2Cl)c2ccc(OC(F)F)c(OCC3CC3)c2)cc1N(CC(C(=O)OC(C)(C)C)N1CCN(C)CC1)S(=O)O. The molecule has 0 spiro atoms. The van der Waals surface area contributed by atoms with Gasteiger partial charge in [-0.1, -0.05) is 29.3 Å². The summed E-state index contributed by atoms with van der Waals surface area (Å²) in [4.78, 5) is 35.7. The summed E-state index contributed by atoms with van der Waals surface area (Å²) in [5, 5.41) is 0.406. The molecular weight excluding hydrogens is 797 g/mol. The van der Waals surface area contributed by atoms with E-state index >= 15 is 0 Å². The van der Waals surface area contributed by atoms with Crippen LogP contribution in [-0.4, -0.2) is 107 Å². The van der Waals surface area contributed by atoms with Crippen molar-refractivity contribution in [3.8, 4) is 17.2 Å². The normalized spacial score (nSPS) is 16.8. The van der Waals surface area contributed by atoms with Crippen LogP contribution in [0, 0.1) is 5.92 Å². The largest absolute Gasteiger partial charge is 0.495 e. The summed E-state index contributed by atoms with van der Waals surface area (Å²) >= 11 is 10.2. The molecule has 5 rings (SSSR count). The van der Waals surface area contributed by atoms with Gasteiger partial charge in [-0.2, -0.15) is 8.78 Å². The Labute approximate surface area is 337 Å². The molecule has 3 aromatic rings. The number of alkyl halides is 2. The van der Waals surface area contributed by atoms with E-state index in [1.165, 1.54) is 55.9 Å². The number of hydrogen-bond acceptors (Lipinski definition) is 11. The van der Waals surface area contributed by atoms with Gasteiger partial charge in [-0.05, 0) is 88.0 Å². The van der Waals surface area contributed by atoms with E-state index in [4.69, 9.17) is 46.9 Å². The Bertz CT molecular complexity index is 1860. The number of carbonyl (C=O) groups excluding carboxylic acids is 2. The van der Waals surface area contributed by atoms with Gasteiger partial charge in [-0.15, -0.1) is 0 Å². The van der Waals surface area contributed by atoms with E-state index in [1.54, 1.807) is 20.8 Å². The van der Waals surface area contributed by atoms with Crippen molar-refractivity contribution in [2.24, 2.45) is 5.92 Å². The van der Waals surface area contributed by atoms with E-state index in [-0.39, 0.29) is 58.1 Å². The standard InChI is InChI=1S/C38H46Cl2F2N4O9S/c1-38(2,3)55-36(48)30(45-14-12-44(4)13-15-45)21-46(56(49)50)29-16-25(9-10-31(29)51-5)35(47)53-33(18-26-27(39)19-43-20-28(26)40)24-8-11-32(54-37(41)42)34(17-24)52-22-23-6-7-23/h8-11,16-17,19-20,23,30,33,37H,6-7,12-15,18,21-22H2,1-5H3,(H,49,50). The Morgan fingerprint density at radius 1 is 1.02 bits per heavy atom. The van der Waals surface area contributed by atoms with Gasteiger partial charge in [0.2, 0.25) is 0 Å². The van der Waals surface area contributed by atoms with Gasteiger partial charge in [0.05, 0.1) is 41.6 Å². The number of nitrogens with zero attached hydrogens (tertiary/aromatic N) is 4. The van der Waals surface area contributed by atoms with Gasteiger partial charge >= 0.3 is 18.6 Å². The molecule has 13 nitrogen and oxygen atoms in total. The van der Waals surface area contributed by atoms with Gasteiger partial charge in [0.15, 0.2) is 11.5 Å². The number of pyridine rings is 1.